The third kappa shape index (κ3) is 8.12. The van der Waals surface area contributed by atoms with Gasteiger partial charge in [-0.2, -0.15) is 4.31 Å². The van der Waals surface area contributed by atoms with E-state index in [4.69, 9.17) is 5.73 Å². The first-order valence-electron chi connectivity index (χ1n) is 15.4. The van der Waals surface area contributed by atoms with Gasteiger partial charge in [-0.25, -0.2) is 8.42 Å². The third-order valence-electron chi connectivity index (χ3n) is 8.55. The number of rotatable bonds is 13. The van der Waals surface area contributed by atoms with E-state index in [9.17, 15) is 8.42 Å². The van der Waals surface area contributed by atoms with Crippen molar-refractivity contribution in [2.45, 2.75) is 62.8 Å². The van der Waals surface area contributed by atoms with Crippen molar-refractivity contribution in [2.75, 3.05) is 24.5 Å². The molecule has 1 aliphatic heterocycles. The van der Waals surface area contributed by atoms with Crippen LogP contribution in [0.1, 0.15) is 42.9 Å². The molecule has 1 heterocycles. The van der Waals surface area contributed by atoms with E-state index in [2.05, 4.69) is 41.0 Å². The SMILES string of the molecule is CC(CCN)N1CCC(N(Cc2ccccc2)c2ccc(S(=O)(=O)N(Cc3ccccc3)Cc3ccccc3)cc2)CC1. The topological polar surface area (TPSA) is 69.9 Å². The van der Waals surface area contributed by atoms with Gasteiger partial charge in [0.1, 0.15) is 0 Å². The molecular weight excluding hydrogens is 552 g/mol. The van der Waals surface area contributed by atoms with Gasteiger partial charge in [-0.05, 0) is 73.7 Å². The van der Waals surface area contributed by atoms with Crippen LogP contribution < -0.4 is 10.6 Å². The standard InChI is InChI=1S/C36H44N4O2S/c1-30(21-24-37)38-25-22-35(23-26-38)40(29-33-15-9-4-10-16-33)34-17-19-36(20-18-34)43(41,42)39(27-31-11-5-2-6-12-31)28-32-13-7-3-8-14-32/h2-20,30,35H,21-29,37H2,1H3. The van der Waals surface area contributed by atoms with E-state index in [0.29, 0.717) is 36.6 Å². The second kappa shape index (κ2) is 14.8. The van der Waals surface area contributed by atoms with Crippen molar-refractivity contribution in [3.8, 4) is 0 Å². The lowest BCUT2D eigenvalue weighted by atomic mass is 9.99. The van der Waals surface area contributed by atoms with Crippen molar-refractivity contribution >= 4 is 15.7 Å². The van der Waals surface area contributed by atoms with Crippen molar-refractivity contribution < 1.29 is 8.42 Å². The van der Waals surface area contributed by atoms with E-state index >= 15 is 0 Å². The molecule has 6 nitrogen and oxygen atoms in total. The van der Waals surface area contributed by atoms with Gasteiger partial charge in [-0.15, -0.1) is 0 Å². The molecule has 0 radical (unpaired) electrons. The molecule has 4 aromatic carbocycles. The van der Waals surface area contributed by atoms with E-state index in [-0.39, 0.29) is 0 Å². The van der Waals surface area contributed by atoms with E-state index in [1.165, 1.54) is 5.56 Å². The van der Waals surface area contributed by atoms with Gasteiger partial charge in [0.25, 0.3) is 0 Å². The number of benzene rings is 4. The van der Waals surface area contributed by atoms with Crippen LogP contribution in [0.5, 0.6) is 0 Å². The first-order chi connectivity index (χ1) is 20.9. The molecule has 0 spiro atoms. The maximum Gasteiger partial charge on any atom is 0.243 e. The Bertz CT molecular complexity index is 1450. The van der Waals surface area contributed by atoms with Gasteiger partial charge in [0.05, 0.1) is 4.90 Å². The molecule has 226 valence electrons. The summed E-state index contributed by atoms with van der Waals surface area (Å²) in [6, 6.07) is 38.5. The molecular formula is C36H44N4O2S. The summed E-state index contributed by atoms with van der Waals surface area (Å²) in [6.45, 7) is 6.46. The number of sulfonamides is 1. The summed E-state index contributed by atoms with van der Waals surface area (Å²) >= 11 is 0. The summed E-state index contributed by atoms with van der Waals surface area (Å²) in [5.41, 5.74) is 10.0. The Morgan fingerprint density at radius 3 is 1.65 bits per heavy atom. The second-order valence-electron chi connectivity index (χ2n) is 11.5. The molecule has 1 aliphatic rings. The molecule has 0 aliphatic carbocycles. The number of likely N-dealkylation sites (tertiary alicyclic amines) is 1. The van der Waals surface area contributed by atoms with E-state index in [1.807, 2.05) is 78.9 Å². The molecule has 2 N–H and O–H groups in total. The normalized spacial score (nSPS) is 15.4. The van der Waals surface area contributed by atoms with Crippen molar-refractivity contribution in [1.82, 2.24) is 9.21 Å². The minimum atomic E-state index is -3.75. The van der Waals surface area contributed by atoms with Crippen LogP contribution in [0, 0.1) is 0 Å². The fraction of sp³-hybridized carbons (Fsp3) is 0.333. The average molecular weight is 597 g/mol. The lowest BCUT2D eigenvalue weighted by Crippen LogP contribution is -2.47. The Morgan fingerprint density at radius 2 is 1.19 bits per heavy atom. The van der Waals surface area contributed by atoms with Gasteiger partial charge >= 0.3 is 0 Å². The highest BCUT2D eigenvalue weighted by molar-refractivity contribution is 7.89. The van der Waals surface area contributed by atoms with Crippen LogP contribution in [0.3, 0.4) is 0 Å². The summed E-state index contributed by atoms with van der Waals surface area (Å²) in [6.07, 6.45) is 3.13. The number of anilines is 1. The first-order valence-corrected chi connectivity index (χ1v) is 16.8. The number of hydrogen-bond donors (Lipinski definition) is 1. The Hall–Kier alpha value is -3.49. The monoisotopic (exact) mass is 596 g/mol. The fourth-order valence-electron chi connectivity index (χ4n) is 6.03. The maximum atomic E-state index is 14.1. The summed E-state index contributed by atoms with van der Waals surface area (Å²) in [5, 5.41) is 0. The highest BCUT2D eigenvalue weighted by Gasteiger charge is 2.29. The first kappa shape index (κ1) is 31.0. The lowest BCUT2D eigenvalue weighted by Gasteiger charge is -2.42. The van der Waals surface area contributed by atoms with Gasteiger partial charge < -0.3 is 15.5 Å². The Labute approximate surface area is 257 Å². The molecule has 43 heavy (non-hydrogen) atoms. The highest BCUT2D eigenvalue weighted by Crippen LogP contribution is 2.29. The summed E-state index contributed by atoms with van der Waals surface area (Å²) in [7, 11) is -3.75. The fourth-order valence-corrected chi connectivity index (χ4v) is 7.45. The van der Waals surface area contributed by atoms with Crippen LogP contribution in [0.25, 0.3) is 0 Å². The Kier molecular flexibility index (Phi) is 10.7. The van der Waals surface area contributed by atoms with Crippen LogP contribution in [0.15, 0.2) is 120 Å². The van der Waals surface area contributed by atoms with Crippen LogP contribution >= 0.6 is 0 Å². The van der Waals surface area contributed by atoms with E-state index in [1.54, 1.807) is 16.4 Å². The quantitative estimate of drug-likeness (QED) is 0.197. The molecule has 5 rings (SSSR count). The number of nitrogens with zero attached hydrogens (tertiary/aromatic N) is 3. The van der Waals surface area contributed by atoms with Crippen LogP contribution in [0.2, 0.25) is 0 Å². The lowest BCUT2D eigenvalue weighted by molar-refractivity contribution is 0.154. The largest absolute Gasteiger partial charge is 0.364 e. The van der Waals surface area contributed by atoms with Crippen LogP contribution in [-0.2, 0) is 29.7 Å². The third-order valence-corrected chi connectivity index (χ3v) is 10.4. The van der Waals surface area contributed by atoms with Gasteiger partial charge in [0.15, 0.2) is 0 Å². The Morgan fingerprint density at radius 1 is 0.721 bits per heavy atom. The van der Waals surface area contributed by atoms with E-state index in [0.717, 1.165) is 55.7 Å². The molecule has 1 fully saturated rings. The molecule has 4 aromatic rings. The van der Waals surface area contributed by atoms with Crippen LogP contribution in [-0.4, -0.2) is 49.3 Å². The molecule has 0 amide bonds. The van der Waals surface area contributed by atoms with Gasteiger partial charge in [-0.3, -0.25) is 0 Å². The van der Waals surface area contributed by atoms with Crippen molar-refractivity contribution in [1.29, 1.82) is 0 Å². The predicted octanol–water partition coefficient (Wildman–Crippen LogP) is 6.29. The maximum absolute atomic E-state index is 14.1. The zero-order valence-corrected chi connectivity index (χ0v) is 25.9. The average Bonchev–Trinajstić information content (AvgIpc) is 3.05. The molecule has 0 aromatic heterocycles. The molecule has 7 heteroatoms. The molecule has 0 bridgehead atoms. The molecule has 1 atom stereocenters. The smallest absolute Gasteiger partial charge is 0.243 e. The Balaban J connectivity index is 1.39. The van der Waals surface area contributed by atoms with Gasteiger partial charge in [0, 0.05) is 50.5 Å². The van der Waals surface area contributed by atoms with Crippen molar-refractivity contribution in [3.05, 3.63) is 132 Å². The van der Waals surface area contributed by atoms with Crippen molar-refractivity contribution in [2.24, 2.45) is 5.73 Å². The van der Waals surface area contributed by atoms with Gasteiger partial charge in [-0.1, -0.05) is 91.0 Å². The number of hydrogen-bond acceptors (Lipinski definition) is 5. The summed E-state index contributed by atoms with van der Waals surface area (Å²) in [4.78, 5) is 5.32. The van der Waals surface area contributed by atoms with Crippen molar-refractivity contribution in [3.63, 3.8) is 0 Å². The minimum Gasteiger partial charge on any atom is -0.364 e. The summed E-state index contributed by atoms with van der Waals surface area (Å²) < 4.78 is 29.7. The molecule has 1 saturated heterocycles. The highest BCUT2D eigenvalue weighted by atomic mass is 32.2. The molecule has 1 unspecified atom stereocenters. The minimum absolute atomic E-state index is 0.307. The number of piperidine rings is 1. The zero-order chi connectivity index (χ0) is 30.1. The van der Waals surface area contributed by atoms with Gasteiger partial charge in [0.2, 0.25) is 10.0 Å². The number of nitrogens with two attached hydrogens (primary N) is 1. The summed E-state index contributed by atoms with van der Waals surface area (Å²) in [5.74, 6) is 0. The zero-order valence-electron chi connectivity index (χ0n) is 25.1. The molecule has 0 saturated carbocycles. The predicted molar refractivity (Wildman–Crippen MR) is 176 cm³/mol. The van der Waals surface area contributed by atoms with Crippen LogP contribution in [0.4, 0.5) is 5.69 Å². The van der Waals surface area contributed by atoms with E-state index < -0.39 is 10.0 Å². The second-order valence-corrected chi connectivity index (χ2v) is 13.5.